The fourth-order valence-corrected chi connectivity index (χ4v) is 31.1. The molecule has 28 rings (SSSR count). The van der Waals surface area contributed by atoms with Crippen LogP contribution >= 0.6 is 0 Å². The highest BCUT2D eigenvalue weighted by Crippen LogP contribution is 2.42. The molecule has 626 valence electrons. The molecule has 0 saturated heterocycles. The highest BCUT2D eigenvalue weighted by atomic mass is 28.3. The van der Waals surface area contributed by atoms with Crippen LogP contribution in [0.5, 0.6) is 0 Å². The van der Waals surface area contributed by atoms with E-state index in [1.807, 2.05) is 0 Å². The zero-order valence-electron chi connectivity index (χ0n) is 72.1. The minimum atomic E-state index is -3.73. The topological polar surface area (TPSA) is 116 Å². The van der Waals surface area contributed by atoms with Crippen molar-refractivity contribution in [2.24, 2.45) is 0 Å². The lowest BCUT2D eigenvalue weighted by Gasteiger charge is -2.33. The second kappa shape index (κ2) is 29.4. The van der Waals surface area contributed by atoms with Gasteiger partial charge >= 0.3 is 0 Å². The van der Waals surface area contributed by atoms with E-state index in [9.17, 15) is 0 Å². The molecule has 0 fully saturated rings. The Morgan fingerprint density at radius 1 is 0.157 bits per heavy atom. The van der Waals surface area contributed by atoms with Crippen molar-refractivity contribution < 1.29 is 0 Å². The molecular weight excluding hydrogens is 1670 g/mol. The van der Waals surface area contributed by atoms with E-state index in [1.165, 1.54) is 21.5 Å². The summed E-state index contributed by atoms with van der Waals surface area (Å²) in [4.78, 5) is 36.1. The summed E-state index contributed by atoms with van der Waals surface area (Å²) in [6, 6.07) is 168. The number of hydrogen-bond acceptors (Lipinski definition) is 6. The smallest absolute Gasteiger partial charge is 0.226 e. The summed E-state index contributed by atoms with van der Waals surface area (Å²) >= 11 is 0. The third-order valence-corrected chi connectivity index (χ3v) is 36.9. The molecule has 0 aliphatic carbocycles. The molecule has 14 nitrogen and oxygen atoms in total. The molecule has 0 spiro atoms. The average Bonchev–Trinajstić information content (AvgIpc) is 1.36. The molecule has 0 atom stereocenters. The highest BCUT2D eigenvalue weighted by Gasteiger charge is 2.48. The van der Waals surface area contributed by atoms with E-state index in [1.54, 1.807) is 0 Å². The predicted octanol–water partition coefficient (Wildman–Crippen LogP) is 21.6. The van der Waals surface area contributed by atoms with Crippen LogP contribution < -0.4 is 42.0 Å². The van der Waals surface area contributed by atoms with Crippen LogP contribution in [0.1, 0.15) is 0 Å². The fraction of sp³-hybridized carbons (Fsp3) is 0. The Bertz CT molecular complexity index is 9460. The van der Waals surface area contributed by atoms with E-state index in [2.05, 4.69) is 497 Å². The first kappa shape index (κ1) is 75.3. The first-order chi connectivity index (χ1) is 66.5. The van der Waals surface area contributed by atoms with E-state index in [0.29, 0.717) is 22.9 Å². The molecule has 18 aromatic carbocycles. The average molecular weight is 1750 g/mol. The van der Waals surface area contributed by atoms with Crippen molar-refractivity contribution >= 4 is 201 Å². The molecule has 0 aliphatic rings. The highest BCUT2D eigenvalue weighted by molar-refractivity contribution is 7.20. The number of aromatic nitrogens is 14. The van der Waals surface area contributed by atoms with Gasteiger partial charge in [0, 0.05) is 66.6 Å². The summed E-state index contributed by atoms with van der Waals surface area (Å²) in [5.74, 6) is 4.27. The SMILES string of the molecule is c1ccc([Si](c2ccccc2)(c2cccc(-n3c4ccccc4c4ccccc43)c2)c2nc(-n3c4ccccc4c4ccccc43)cc(-n3c4ccccc4c4cc(-c5ccc6nc7n(-c8cc(-n9c%10ccccc%10n%10c%11ccccc%11nc9%10)nc([Si](c9ccccc9)(c9ccccc9)c9cccc(-n%10c%11ccccc%11c%11ccccc%11%10)c9)n8)c8ccccc8n7c6c5)ccc43)n2)cc1. The Hall–Kier alpha value is -17.7. The molecule has 16 heteroatoms. The van der Waals surface area contributed by atoms with Crippen LogP contribution in [0.2, 0.25) is 0 Å². The zero-order chi connectivity index (χ0) is 87.9. The van der Waals surface area contributed by atoms with Crippen molar-refractivity contribution in [2.45, 2.75) is 0 Å². The molecule has 0 amide bonds. The van der Waals surface area contributed by atoms with Crippen LogP contribution in [0, 0.1) is 0 Å². The molecule has 0 bridgehead atoms. The number of benzene rings is 18. The zero-order valence-corrected chi connectivity index (χ0v) is 74.1. The van der Waals surface area contributed by atoms with E-state index >= 15 is 0 Å². The fourth-order valence-electron chi connectivity index (χ4n) is 22.3. The van der Waals surface area contributed by atoms with Gasteiger partial charge in [0.2, 0.25) is 27.7 Å². The predicted molar refractivity (Wildman–Crippen MR) is 554 cm³/mol. The lowest BCUT2D eigenvalue weighted by Crippen LogP contribution is -2.76. The summed E-state index contributed by atoms with van der Waals surface area (Å²) in [5.41, 5.74) is 21.8. The molecular formula is C118H76N14Si2. The van der Waals surface area contributed by atoms with Gasteiger partial charge in [-0.3, -0.25) is 27.1 Å². The maximum Gasteiger partial charge on any atom is 0.226 e. The monoisotopic (exact) mass is 1740 g/mol. The molecule has 0 unspecified atom stereocenters. The summed E-state index contributed by atoms with van der Waals surface area (Å²) in [6.45, 7) is 0. The van der Waals surface area contributed by atoms with Gasteiger partial charge in [0.1, 0.15) is 34.2 Å². The Morgan fingerprint density at radius 2 is 0.433 bits per heavy atom. The Kier molecular flexibility index (Phi) is 16.5. The molecule has 10 aromatic heterocycles. The lowest BCUT2D eigenvalue weighted by molar-refractivity contribution is 0.982. The van der Waals surface area contributed by atoms with Crippen molar-refractivity contribution in [2.75, 3.05) is 0 Å². The van der Waals surface area contributed by atoms with Crippen LogP contribution in [0.25, 0.3) is 189 Å². The van der Waals surface area contributed by atoms with Gasteiger partial charge in [-0.25, -0.2) is 29.9 Å². The molecule has 134 heavy (non-hydrogen) atoms. The molecule has 10 heterocycles. The summed E-state index contributed by atoms with van der Waals surface area (Å²) in [5, 5.41) is 16.1. The minimum absolute atomic E-state index is 0.652. The number of nitrogens with zero attached hydrogens (tertiary/aromatic N) is 14. The largest absolute Gasteiger partial charge is 0.309 e. The van der Waals surface area contributed by atoms with Crippen molar-refractivity contribution in [3.8, 4) is 45.8 Å². The number of fused-ring (bicyclic) bond motifs is 22. The van der Waals surface area contributed by atoms with Gasteiger partial charge in [0.25, 0.3) is 0 Å². The maximum atomic E-state index is 6.23. The Balaban J connectivity index is 0.658. The van der Waals surface area contributed by atoms with E-state index < -0.39 is 16.1 Å². The minimum Gasteiger partial charge on any atom is -0.309 e. The number of para-hydroxylation sites is 13. The van der Waals surface area contributed by atoms with E-state index in [-0.39, 0.29) is 0 Å². The van der Waals surface area contributed by atoms with Gasteiger partial charge < -0.3 is 9.13 Å². The van der Waals surface area contributed by atoms with Crippen molar-refractivity contribution in [3.63, 3.8) is 0 Å². The van der Waals surface area contributed by atoms with Crippen LogP contribution in [0.4, 0.5) is 0 Å². The number of hydrogen-bond donors (Lipinski definition) is 0. The summed E-state index contributed by atoms with van der Waals surface area (Å²) in [7, 11) is -7.38. The summed E-state index contributed by atoms with van der Waals surface area (Å²) in [6.07, 6.45) is 0. The second-order valence-corrected chi connectivity index (χ2v) is 42.3. The van der Waals surface area contributed by atoms with Gasteiger partial charge in [-0.1, -0.05) is 322 Å². The van der Waals surface area contributed by atoms with Gasteiger partial charge in [-0.15, -0.1) is 0 Å². The Labute approximate surface area is 768 Å². The van der Waals surface area contributed by atoms with Crippen LogP contribution in [-0.4, -0.2) is 82.3 Å². The summed E-state index contributed by atoms with van der Waals surface area (Å²) < 4.78 is 18.7. The van der Waals surface area contributed by atoms with Crippen molar-refractivity contribution in [1.82, 2.24) is 66.1 Å². The van der Waals surface area contributed by atoms with Crippen LogP contribution in [0.15, 0.2) is 461 Å². The van der Waals surface area contributed by atoms with Gasteiger partial charge in [0.15, 0.2) is 0 Å². The third-order valence-electron chi connectivity index (χ3n) is 27.9. The maximum absolute atomic E-state index is 6.23. The second-order valence-electron chi connectivity index (χ2n) is 34.9. The molecule has 0 N–H and O–H groups in total. The first-order valence-electron chi connectivity index (χ1n) is 45.5. The van der Waals surface area contributed by atoms with Crippen molar-refractivity contribution in [1.29, 1.82) is 0 Å². The quantitative estimate of drug-likeness (QED) is 0.0746. The normalized spacial score (nSPS) is 12.3. The third kappa shape index (κ3) is 10.9. The van der Waals surface area contributed by atoms with Crippen molar-refractivity contribution in [3.05, 3.63) is 461 Å². The lowest BCUT2D eigenvalue weighted by atomic mass is 10.0. The van der Waals surface area contributed by atoms with Gasteiger partial charge in [0.05, 0.1) is 88.3 Å². The van der Waals surface area contributed by atoms with Crippen LogP contribution in [0.3, 0.4) is 0 Å². The number of imidazole rings is 4. The first-order valence-corrected chi connectivity index (χ1v) is 49.5. The van der Waals surface area contributed by atoms with Gasteiger partial charge in [-0.05, 0) is 170 Å². The van der Waals surface area contributed by atoms with Crippen LogP contribution in [-0.2, 0) is 0 Å². The van der Waals surface area contributed by atoms with Gasteiger partial charge in [-0.2, -0.15) is 0 Å². The Morgan fingerprint density at radius 3 is 0.821 bits per heavy atom. The number of rotatable bonds is 15. The standard InChI is InChI=1S/C118H76N14Si2/c1-5-37-81(38-6-1)133(82-39-7-2-8-40-82,85-45-33-35-79(73-85)125-97-55-21-13-47-87(97)88-48-14-22-56-98(88)125)115-121-111(127-101-59-25-17-51-91(101)92-52-18-26-60-102(92)127)75-112(122-115)128-103-61-27-19-53-93(103)94-71-77(68-70-104(94)128)78-67-69-96-110(72-78)130-107-64-30-32-66-109(107)132(118(130)120-96)114-76-113(131-108-65-31-29-63-106(108)129-105-62-28-20-54-95(105)119-117(129)131)123-116(124-114)134(83-41-9-3-10-42-83,84-43-11-4-12-44-84)86-46-34-36-80(74-86)126-99-57-23-15-49-89(99)90-50-16-24-58-100(90)126/h1-76H. The molecule has 0 aliphatic heterocycles. The molecule has 0 saturated carbocycles. The van der Waals surface area contributed by atoms with E-state index in [4.69, 9.17) is 29.9 Å². The van der Waals surface area contributed by atoms with E-state index in [0.717, 1.165) is 186 Å². The molecule has 0 radical (unpaired) electrons. The molecule has 28 aromatic rings.